The summed E-state index contributed by atoms with van der Waals surface area (Å²) in [6, 6.07) is 13.5. The van der Waals surface area contributed by atoms with Crippen molar-refractivity contribution < 1.29 is 28.6 Å². The standard InChI is InChI=1S/C28H31NO6S/c1-4-7-14-34-25(30)18-29-27(31)24(36-28(29)32)17-21-15-22(11-5-2)26(23(16-21)33-6-3)35-19-20-12-9-8-10-13-20/h5,8-10,12-13,15-17H,2,4,6-7,11,14,18-19H2,1,3H3/b24-17-. The molecule has 0 spiro atoms. The Morgan fingerprint density at radius 2 is 1.89 bits per heavy atom. The second-order valence-electron chi connectivity index (χ2n) is 8.05. The van der Waals surface area contributed by atoms with Crippen LogP contribution in [0.3, 0.4) is 0 Å². The van der Waals surface area contributed by atoms with Crippen LogP contribution >= 0.6 is 11.8 Å². The van der Waals surface area contributed by atoms with Crippen molar-refractivity contribution in [2.45, 2.75) is 39.7 Å². The molecule has 1 heterocycles. The van der Waals surface area contributed by atoms with Crippen molar-refractivity contribution in [1.82, 2.24) is 4.90 Å². The van der Waals surface area contributed by atoms with Gasteiger partial charge < -0.3 is 14.2 Å². The lowest BCUT2D eigenvalue weighted by Crippen LogP contribution is -2.34. The zero-order chi connectivity index (χ0) is 25.9. The maximum atomic E-state index is 12.9. The highest BCUT2D eigenvalue weighted by atomic mass is 32.2. The second kappa shape index (κ2) is 13.5. The highest BCUT2D eigenvalue weighted by Gasteiger charge is 2.36. The maximum Gasteiger partial charge on any atom is 0.326 e. The van der Waals surface area contributed by atoms with Crippen molar-refractivity contribution >= 4 is 35.0 Å². The minimum Gasteiger partial charge on any atom is -0.490 e. The monoisotopic (exact) mass is 509 g/mol. The van der Waals surface area contributed by atoms with Gasteiger partial charge in [-0.15, -0.1) is 6.58 Å². The molecule has 8 heteroatoms. The molecule has 7 nitrogen and oxygen atoms in total. The smallest absolute Gasteiger partial charge is 0.326 e. The minimum absolute atomic E-state index is 0.228. The molecule has 190 valence electrons. The number of esters is 1. The topological polar surface area (TPSA) is 82.1 Å². The number of ether oxygens (including phenoxy) is 3. The van der Waals surface area contributed by atoms with Gasteiger partial charge in [-0.2, -0.15) is 0 Å². The molecule has 1 saturated heterocycles. The van der Waals surface area contributed by atoms with E-state index in [2.05, 4.69) is 6.58 Å². The van der Waals surface area contributed by atoms with Crippen LogP contribution in [0.2, 0.25) is 0 Å². The molecule has 0 N–H and O–H groups in total. The van der Waals surface area contributed by atoms with Crippen LogP contribution in [0.25, 0.3) is 6.08 Å². The van der Waals surface area contributed by atoms with Gasteiger partial charge >= 0.3 is 5.97 Å². The maximum absolute atomic E-state index is 12.9. The Morgan fingerprint density at radius 3 is 2.58 bits per heavy atom. The van der Waals surface area contributed by atoms with Crippen LogP contribution in [0.1, 0.15) is 43.4 Å². The summed E-state index contributed by atoms with van der Waals surface area (Å²) in [7, 11) is 0. The fraction of sp³-hybridized carbons (Fsp3) is 0.321. The molecule has 3 rings (SSSR count). The summed E-state index contributed by atoms with van der Waals surface area (Å²) in [5.74, 6) is 0.0299. The summed E-state index contributed by atoms with van der Waals surface area (Å²) in [6.45, 7) is 8.38. The van der Waals surface area contributed by atoms with Crippen molar-refractivity contribution in [3.8, 4) is 11.5 Å². The predicted octanol–water partition coefficient (Wildman–Crippen LogP) is 5.77. The molecule has 1 fully saturated rings. The molecule has 0 bridgehead atoms. The third-order valence-corrected chi connectivity index (χ3v) is 6.17. The highest BCUT2D eigenvalue weighted by Crippen LogP contribution is 2.37. The number of amides is 2. The third kappa shape index (κ3) is 7.24. The van der Waals surface area contributed by atoms with Gasteiger partial charge in [-0.05, 0) is 60.9 Å². The normalized spacial score (nSPS) is 14.3. The molecule has 0 aliphatic carbocycles. The number of benzene rings is 2. The molecule has 0 radical (unpaired) electrons. The predicted molar refractivity (Wildman–Crippen MR) is 141 cm³/mol. The summed E-state index contributed by atoms with van der Waals surface area (Å²) in [5, 5.41) is -0.502. The van der Waals surface area contributed by atoms with E-state index in [9.17, 15) is 14.4 Å². The van der Waals surface area contributed by atoms with Gasteiger partial charge in [0.05, 0.1) is 18.1 Å². The fourth-order valence-corrected chi connectivity index (χ4v) is 4.36. The van der Waals surface area contributed by atoms with Crippen LogP contribution in [0.4, 0.5) is 4.79 Å². The van der Waals surface area contributed by atoms with E-state index in [1.165, 1.54) is 0 Å². The summed E-state index contributed by atoms with van der Waals surface area (Å²) in [4.78, 5) is 38.5. The number of unbranched alkanes of at least 4 members (excludes halogenated alkanes) is 1. The van der Waals surface area contributed by atoms with E-state index in [1.807, 2.05) is 50.2 Å². The summed E-state index contributed by atoms with van der Waals surface area (Å²) in [6.07, 6.45) is 5.53. The zero-order valence-electron chi connectivity index (χ0n) is 20.7. The number of carbonyl (C=O) groups excluding carboxylic acids is 3. The van der Waals surface area contributed by atoms with Crippen molar-refractivity contribution in [1.29, 1.82) is 0 Å². The van der Waals surface area contributed by atoms with Gasteiger partial charge in [-0.1, -0.05) is 49.8 Å². The Bertz CT molecular complexity index is 1130. The quantitative estimate of drug-likeness (QED) is 0.147. The van der Waals surface area contributed by atoms with Crippen molar-refractivity contribution in [3.63, 3.8) is 0 Å². The van der Waals surface area contributed by atoms with Crippen LogP contribution in [0, 0.1) is 0 Å². The van der Waals surface area contributed by atoms with E-state index in [4.69, 9.17) is 14.2 Å². The van der Waals surface area contributed by atoms with Gasteiger partial charge in [0, 0.05) is 5.56 Å². The van der Waals surface area contributed by atoms with Crippen LogP contribution in [0.15, 0.2) is 60.0 Å². The van der Waals surface area contributed by atoms with Gasteiger partial charge in [0.2, 0.25) is 0 Å². The summed E-state index contributed by atoms with van der Waals surface area (Å²) in [5.41, 5.74) is 2.55. The molecular weight excluding hydrogens is 478 g/mol. The van der Waals surface area contributed by atoms with E-state index in [-0.39, 0.29) is 11.5 Å². The lowest BCUT2D eigenvalue weighted by atomic mass is 10.0. The molecule has 0 aromatic heterocycles. The number of hydrogen-bond donors (Lipinski definition) is 0. The number of thioether (sulfide) groups is 1. The fourth-order valence-electron chi connectivity index (χ4n) is 3.52. The third-order valence-electron chi connectivity index (χ3n) is 5.26. The van der Waals surface area contributed by atoms with E-state index in [0.29, 0.717) is 36.7 Å². The van der Waals surface area contributed by atoms with Crippen LogP contribution in [-0.2, 0) is 27.4 Å². The number of hydrogen-bond acceptors (Lipinski definition) is 7. The minimum atomic E-state index is -0.598. The molecule has 0 saturated carbocycles. The molecule has 1 aliphatic rings. The van der Waals surface area contributed by atoms with Gasteiger partial charge in [0.15, 0.2) is 11.5 Å². The summed E-state index contributed by atoms with van der Waals surface area (Å²) >= 11 is 0.796. The lowest BCUT2D eigenvalue weighted by Gasteiger charge is -2.17. The molecule has 36 heavy (non-hydrogen) atoms. The Hall–Kier alpha value is -3.52. The zero-order valence-corrected chi connectivity index (χ0v) is 21.5. The Kier molecular flexibility index (Phi) is 10.2. The van der Waals surface area contributed by atoms with Crippen molar-refractivity contribution in [3.05, 3.63) is 76.7 Å². The Labute approximate surface area is 216 Å². The SMILES string of the molecule is C=CCc1cc(/C=C2\SC(=O)N(CC(=O)OCCCC)C2=O)cc(OCC)c1OCc1ccccc1. The molecule has 2 aromatic carbocycles. The molecule has 0 atom stereocenters. The number of rotatable bonds is 13. The van der Waals surface area contributed by atoms with Gasteiger partial charge in [-0.25, -0.2) is 0 Å². The highest BCUT2D eigenvalue weighted by molar-refractivity contribution is 8.18. The molecular formula is C28H31NO6S. The number of allylic oxidation sites excluding steroid dienone is 1. The molecule has 1 aliphatic heterocycles. The average Bonchev–Trinajstić information content (AvgIpc) is 3.12. The first kappa shape index (κ1) is 27.1. The first-order valence-corrected chi connectivity index (χ1v) is 12.8. The second-order valence-corrected chi connectivity index (χ2v) is 9.04. The van der Waals surface area contributed by atoms with Gasteiger partial charge in [-0.3, -0.25) is 19.3 Å². The average molecular weight is 510 g/mol. The van der Waals surface area contributed by atoms with Crippen LogP contribution in [0.5, 0.6) is 11.5 Å². The number of nitrogens with zero attached hydrogens (tertiary/aromatic N) is 1. The number of carbonyl (C=O) groups is 3. The van der Waals surface area contributed by atoms with E-state index in [0.717, 1.165) is 40.6 Å². The van der Waals surface area contributed by atoms with E-state index in [1.54, 1.807) is 18.2 Å². The van der Waals surface area contributed by atoms with Gasteiger partial charge in [0.25, 0.3) is 11.1 Å². The van der Waals surface area contributed by atoms with E-state index >= 15 is 0 Å². The molecule has 2 aromatic rings. The first-order chi connectivity index (χ1) is 17.5. The van der Waals surface area contributed by atoms with Crippen molar-refractivity contribution in [2.24, 2.45) is 0 Å². The molecule has 0 unspecified atom stereocenters. The van der Waals surface area contributed by atoms with E-state index < -0.39 is 23.7 Å². The number of imide groups is 1. The van der Waals surface area contributed by atoms with Crippen LogP contribution < -0.4 is 9.47 Å². The Balaban J connectivity index is 1.84. The largest absolute Gasteiger partial charge is 0.490 e. The molecule has 2 amide bonds. The summed E-state index contributed by atoms with van der Waals surface area (Å²) < 4.78 is 17.1. The van der Waals surface area contributed by atoms with Gasteiger partial charge in [0.1, 0.15) is 13.2 Å². The lowest BCUT2D eigenvalue weighted by molar-refractivity contribution is -0.146. The van der Waals surface area contributed by atoms with Crippen molar-refractivity contribution in [2.75, 3.05) is 19.8 Å². The first-order valence-electron chi connectivity index (χ1n) is 11.9. The Morgan fingerprint density at radius 1 is 1.11 bits per heavy atom. The van der Waals surface area contributed by atoms with Crippen LogP contribution in [-0.4, -0.2) is 41.8 Å².